The SMILES string of the molecule is Oc1cccc(CNCC(c2ccco2)N2CCCCC2)c1. The third-order valence-corrected chi connectivity index (χ3v) is 4.28. The Morgan fingerprint density at radius 3 is 2.73 bits per heavy atom. The number of rotatable bonds is 6. The van der Waals surface area contributed by atoms with Gasteiger partial charge in [0.05, 0.1) is 12.3 Å². The van der Waals surface area contributed by atoms with Gasteiger partial charge in [-0.3, -0.25) is 4.90 Å². The predicted molar refractivity (Wildman–Crippen MR) is 86.7 cm³/mol. The van der Waals surface area contributed by atoms with Crippen molar-refractivity contribution in [2.24, 2.45) is 0 Å². The Morgan fingerprint density at radius 2 is 2.00 bits per heavy atom. The van der Waals surface area contributed by atoms with Gasteiger partial charge in [-0.05, 0) is 55.8 Å². The van der Waals surface area contributed by atoms with Gasteiger partial charge < -0.3 is 14.8 Å². The molecule has 1 aliphatic rings. The fraction of sp³-hybridized carbons (Fsp3) is 0.444. The van der Waals surface area contributed by atoms with Crippen LogP contribution in [0.5, 0.6) is 5.75 Å². The van der Waals surface area contributed by atoms with Crippen LogP contribution in [0.4, 0.5) is 0 Å². The van der Waals surface area contributed by atoms with Gasteiger partial charge in [0.2, 0.25) is 0 Å². The average Bonchev–Trinajstić information content (AvgIpc) is 3.07. The molecule has 0 saturated carbocycles. The van der Waals surface area contributed by atoms with Crippen LogP contribution in [0.2, 0.25) is 0 Å². The highest BCUT2D eigenvalue weighted by atomic mass is 16.3. The molecular formula is C18H24N2O2. The number of hydrogen-bond donors (Lipinski definition) is 2. The highest BCUT2D eigenvalue weighted by Gasteiger charge is 2.23. The average molecular weight is 300 g/mol. The van der Waals surface area contributed by atoms with E-state index in [0.717, 1.165) is 37.5 Å². The van der Waals surface area contributed by atoms with Gasteiger partial charge in [0.25, 0.3) is 0 Å². The molecule has 1 saturated heterocycles. The number of nitrogens with zero attached hydrogens (tertiary/aromatic N) is 1. The van der Waals surface area contributed by atoms with E-state index in [1.54, 1.807) is 18.4 Å². The van der Waals surface area contributed by atoms with Crippen LogP contribution >= 0.6 is 0 Å². The molecule has 0 radical (unpaired) electrons. The van der Waals surface area contributed by atoms with Crippen LogP contribution < -0.4 is 5.32 Å². The van der Waals surface area contributed by atoms with Crippen LogP contribution in [0.15, 0.2) is 47.1 Å². The Bertz CT molecular complexity index is 562. The van der Waals surface area contributed by atoms with E-state index in [-0.39, 0.29) is 6.04 Å². The van der Waals surface area contributed by atoms with Gasteiger partial charge in [0, 0.05) is 13.1 Å². The molecule has 1 atom stereocenters. The highest BCUT2D eigenvalue weighted by molar-refractivity contribution is 5.26. The summed E-state index contributed by atoms with van der Waals surface area (Å²) in [5.74, 6) is 1.35. The molecule has 4 heteroatoms. The lowest BCUT2D eigenvalue weighted by molar-refractivity contribution is 0.142. The minimum atomic E-state index is 0.285. The summed E-state index contributed by atoms with van der Waals surface area (Å²) in [7, 11) is 0. The van der Waals surface area contributed by atoms with Crippen LogP contribution in [0.25, 0.3) is 0 Å². The number of piperidine rings is 1. The number of phenols is 1. The van der Waals surface area contributed by atoms with E-state index in [0.29, 0.717) is 5.75 Å². The maximum absolute atomic E-state index is 9.52. The molecule has 1 aromatic carbocycles. The lowest BCUT2D eigenvalue weighted by atomic mass is 10.1. The molecule has 118 valence electrons. The summed E-state index contributed by atoms with van der Waals surface area (Å²) in [6.45, 7) is 3.88. The first-order valence-corrected chi connectivity index (χ1v) is 8.09. The van der Waals surface area contributed by atoms with Crippen molar-refractivity contribution in [2.75, 3.05) is 19.6 Å². The predicted octanol–water partition coefficient (Wildman–Crippen LogP) is 3.30. The number of hydrogen-bond acceptors (Lipinski definition) is 4. The number of phenolic OH excluding ortho intramolecular Hbond substituents is 1. The zero-order valence-electron chi connectivity index (χ0n) is 12.9. The van der Waals surface area contributed by atoms with Gasteiger partial charge in [0.1, 0.15) is 11.5 Å². The molecule has 1 unspecified atom stereocenters. The molecule has 0 spiro atoms. The molecular weight excluding hydrogens is 276 g/mol. The maximum Gasteiger partial charge on any atom is 0.122 e. The Balaban J connectivity index is 1.60. The Hall–Kier alpha value is -1.78. The molecule has 1 aliphatic heterocycles. The van der Waals surface area contributed by atoms with Crippen molar-refractivity contribution in [3.05, 3.63) is 54.0 Å². The molecule has 3 rings (SSSR count). The molecule has 0 bridgehead atoms. The maximum atomic E-state index is 9.52. The fourth-order valence-electron chi connectivity index (χ4n) is 3.14. The number of likely N-dealkylation sites (tertiary alicyclic amines) is 1. The quantitative estimate of drug-likeness (QED) is 0.859. The topological polar surface area (TPSA) is 48.6 Å². The van der Waals surface area contributed by atoms with Crippen molar-refractivity contribution in [2.45, 2.75) is 31.8 Å². The zero-order chi connectivity index (χ0) is 15.2. The lowest BCUT2D eigenvalue weighted by Gasteiger charge is -2.33. The van der Waals surface area contributed by atoms with E-state index in [1.807, 2.05) is 18.2 Å². The van der Waals surface area contributed by atoms with Crippen molar-refractivity contribution in [3.63, 3.8) is 0 Å². The van der Waals surface area contributed by atoms with E-state index >= 15 is 0 Å². The molecule has 1 aromatic heterocycles. The molecule has 2 N–H and O–H groups in total. The van der Waals surface area contributed by atoms with Crippen molar-refractivity contribution in [1.82, 2.24) is 10.2 Å². The second-order valence-electron chi connectivity index (χ2n) is 5.93. The third-order valence-electron chi connectivity index (χ3n) is 4.28. The Morgan fingerprint density at radius 1 is 1.14 bits per heavy atom. The number of nitrogens with one attached hydrogen (secondary N) is 1. The summed E-state index contributed by atoms with van der Waals surface area (Å²) in [5.41, 5.74) is 1.09. The first-order chi connectivity index (χ1) is 10.8. The van der Waals surface area contributed by atoms with Crippen LogP contribution in [-0.2, 0) is 6.54 Å². The minimum Gasteiger partial charge on any atom is -0.508 e. The number of benzene rings is 1. The highest BCUT2D eigenvalue weighted by Crippen LogP contribution is 2.24. The van der Waals surface area contributed by atoms with Crippen molar-refractivity contribution < 1.29 is 9.52 Å². The van der Waals surface area contributed by atoms with Crippen molar-refractivity contribution in [3.8, 4) is 5.75 Å². The first kappa shape index (κ1) is 15.1. The van der Waals surface area contributed by atoms with Gasteiger partial charge in [0.15, 0.2) is 0 Å². The van der Waals surface area contributed by atoms with Crippen molar-refractivity contribution >= 4 is 0 Å². The van der Waals surface area contributed by atoms with E-state index in [9.17, 15) is 5.11 Å². The van der Waals surface area contributed by atoms with Gasteiger partial charge in [-0.15, -0.1) is 0 Å². The van der Waals surface area contributed by atoms with Gasteiger partial charge in [-0.25, -0.2) is 0 Å². The first-order valence-electron chi connectivity index (χ1n) is 8.09. The normalized spacial score (nSPS) is 17.5. The van der Waals surface area contributed by atoms with Crippen LogP contribution in [0.1, 0.15) is 36.6 Å². The molecule has 2 aromatic rings. The standard InChI is InChI=1S/C18H24N2O2/c21-16-7-4-6-15(12-16)13-19-14-17(18-8-5-11-22-18)20-9-2-1-3-10-20/h4-8,11-12,17,19,21H,1-3,9-10,13-14H2. The van der Waals surface area contributed by atoms with Crippen LogP contribution in [0, 0.1) is 0 Å². The Kier molecular flexibility index (Phi) is 5.14. The molecule has 2 heterocycles. The fourth-order valence-corrected chi connectivity index (χ4v) is 3.14. The summed E-state index contributed by atoms with van der Waals surface area (Å²) >= 11 is 0. The smallest absolute Gasteiger partial charge is 0.122 e. The molecule has 0 aliphatic carbocycles. The third kappa shape index (κ3) is 3.90. The summed E-state index contributed by atoms with van der Waals surface area (Å²) in [4.78, 5) is 2.51. The van der Waals surface area contributed by atoms with E-state index in [1.165, 1.54) is 19.3 Å². The largest absolute Gasteiger partial charge is 0.508 e. The summed E-state index contributed by atoms with van der Waals surface area (Å²) in [6.07, 6.45) is 5.62. The second kappa shape index (κ2) is 7.47. The van der Waals surface area contributed by atoms with E-state index < -0.39 is 0 Å². The van der Waals surface area contributed by atoms with Crippen LogP contribution in [0.3, 0.4) is 0 Å². The summed E-state index contributed by atoms with van der Waals surface area (Å²) in [6, 6.07) is 11.7. The van der Waals surface area contributed by atoms with Gasteiger partial charge >= 0.3 is 0 Å². The second-order valence-corrected chi connectivity index (χ2v) is 5.93. The van der Waals surface area contributed by atoms with Gasteiger partial charge in [-0.2, -0.15) is 0 Å². The number of furan rings is 1. The Labute approximate surface area is 131 Å². The minimum absolute atomic E-state index is 0.285. The lowest BCUT2D eigenvalue weighted by Crippen LogP contribution is -2.38. The summed E-state index contributed by atoms with van der Waals surface area (Å²) in [5, 5.41) is 13.0. The molecule has 0 amide bonds. The molecule has 4 nitrogen and oxygen atoms in total. The number of aromatic hydroxyl groups is 1. The van der Waals surface area contributed by atoms with Crippen molar-refractivity contribution in [1.29, 1.82) is 0 Å². The van der Waals surface area contributed by atoms with E-state index in [2.05, 4.69) is 16.3 Å². The van der Waals surface area contributed by atoms with Crippen LogP contribution in [-0.4, -0.2) is 29.6 Å². The monoisotopic (exact) mass is 300 g/mol. The molecule has 22 heavy (non-hydrogen) atoms. The molecule has 1 fully saturated rings. The van der Waals surface area contributed by atoms with E-state index in [4.69, 9.17) is 4.42 Å². The zero-order valence-corrected chi connectivity index (χ0v) is 12.9. The van der Waals surface area contributed by atoms with Gasteiger partial charge in [-0.1, -0.05) is 18.6 Å². The summed E-state index contributed by atoms with van der Waals surface area (Å²) < 4.78 is 5.65.